The number of rotatable bonds is 5. The third-order valence-electron chi connectivity index (χ3n) is 4.45. The summed E-state index contributed by atoms with van der Waals surface area (Å²) in [6, 6.07) is 0.142. The third kappa shape index (κ3) is 3.61. The molecule has 0 amide bonds. The Bertz CT molecular complexity index is 484. The van der Waals surface area contributed by atoms with Crippen LogP contribution in [0.25, 0.3) is 0 Å². The molecule has 2 aliphatic rings. The van der Waals surface area contributed by atoms with E-state index in [4.69, 9.17) is 9.26 Å². The van der Waals surface area contributed by atoms with Gasteiger partial charge >= 0.3 is 5.97 Å². The van der Waals surface area contributed by atoms with E-state index in [1.165, 1.54) is 13.5 Å². The highest BCUT2D eigenvalue weighted by atomic mass is 16.5. The van der Waals surface area contributed by atoms with Crippen LogP contribution in [0.4, 0.5) is 0 Å². The molecule has 0 bridgehead atoms. The minimum absolute atomic E-state index is 0.0627. The molecule has 2 atom stereocenters. The molecule has 0 unspecified atom stereocenters. The predicted octanol–water partition coefficient (Wildman–Crippen LogP) is 2.16. The van der Waals surface area contributed by atoms with E-state index in [9.17, 15) is 4.79 Å². The fourth-order valence-electron chi connectivity index (χ4n) is 3.04. The molecule has 2 aliphatic carbocycles. The van der Waals surface area contributed by atoms with Crippen LogP contribution >= 0.6 is 0 Å². The van der Waals surface area contributed by atoms with Gasteiger partial charge in [0, 0.05) is 12.0 Å². The molecule has 6 nitrogen and oxygen atoms in total. The SMILES string of the molecule is COC(=O)[C@H]1CCCCC[C@@H]1NCc1noc(C2CC2)n1. The van der Waals surface area contributed by atoms with Gasteiger partial charge in [-0.3, -0.25) is 4.79 Å². The van der Waals surface area contributed by atoms with E-state index in [0.717, 1.165) is 44.4 Å². The maximum atomic E-state index is 11.9. The van der Waals surface area contributed by atoms with Crippen LogP contribution in [-0.2, 0) is 16.1 Å². The van der Waals surface area contributed by atoms with Gasteiger partial charge in [0.05, 0.1) is 19.6 Å². The van der Waals surface area contributed by atoms with Crippen molar-refractivity contribution in [2.45, 2.75) is 63.5 Å². The smallest absolute Gasteiger partial charge is 0.310 e. The lowest BCUT2D eigenvalue weighted by molar-refractivity contribution is -0.146. The summed E-state index contributed by atoms with van der Waals surface area (Å²) in [6.07, 6.45) is 7.61. The van der Waals surface area contributed by atoms with E-state index >= 15 is 0 Å². The van der Waals surface area contributed by atoms with Gasteiger partial charge in [-0.2, -0.15) is 4.98 Å². The van der Waals surface area contributed by atoms with Crippen molar-refractivity contribution in [3.05, 3.63) is 11.7 Å². The van der Waals surface area contributed by atoms with Crippen LogP contribution in [0.3, 0.4) is 0 Å². The van der Waals surface area contributed by atoms with Crippen molar-refractivity contribution in [3.63, 3.8) is 0 Å². The van der Waals surface area contributed by atoms with Gasteiger partial charge in [-0.15, -0.1) is 0 Å². The number of nitrogens with one attached hydrogen (secondary N) is 1. The lowest BCUT2D eigenvalue weighted by Crippen LogP contribution is -2.39. The quantitative estimate of drug-likeness (QED) is 0.662. The molecule has 116 valence electrons. The first-order valence-corrected chi connectivity index (χ1v) is 7.91. The zero-order chi connectivity index (χ0) is 14.7. The van der Waals surface area contributed by atoms with E-state index in [0.29, 0.717) is 18.3 Å². The van der Waals surface area contributed by atoms with E-state index in [-0.39, 0.29) is 17.9 Å². The van der Waals surface area contributed by atoms with Crippen LogP contribution in [-0.4, -0.2) is 29.3 Å². The van der Waals surface area contributed by atoms with Crippen LogP contribution in [0.2, 0.25) is 0 Å². The summed E-state index contributed by atoms with van der Waals surface area (Å²) >= 11 is 0. The van der Waals surface area contributed by atoms with Gasteiger partial charge < -0.3 is 14.6 Å². The molecule has 1 aromatic heterocycles. The summed E-state index contributed by atoms with van der Waals surface area (Å²) in [5, 5.41) is 7.44. The zero-order valence-electron chi connectivity index (χ0n) is 12.5. The maximum absolute atomic E-state index is 11.9. The number of hydrogen-bond acceptors (Lipinski definition) is 6. The fraction of sp³-hybridized carbons (Fsp3) is 0.800. The van der Waals surface area contributed by atoms with Crippen molar-refractivity contribution in [2.75, 3.05) is 7.11 Å². The molecule has 3 rings (SSSR count). The normalized spacial score (nSPS) is 26.3. The van der Waals surface area contributed by atoms with Crippen molar-refractivity contribution in [1.29, 1.82) is 0 Å². The molecule has 0 aliphatic heterocycles. The lowest BCUT2D eigenvalue weighted by atomic mass is 9.95. The Morgan fingerprint density at radius 3 is 2.86 bits per heavy atom. The summed E-state index contributed by atoms with van der Waals surface area (Å²) in [7, 11) is 1.46. The number of nitrogens with zero attached hydrogens (tertiary/aromatic N) is 2. The van der Waals surface area contributed by atoms with Gasteiger partial charge in [-0.05, 0) is 25.7 Å². The molecule has 6 heteroatoms. The molecule has 0 radical (unpaired) electrons. The van der Waals surface area contributed by atoms with E-state index in [2.05, 4.69) is 15.5 Å². The summed E-state index contributed by atoms with van der Waals surface area (Å²) in [4.78, 5) is 16.3. The van der Waals surface area contributed by atoms with Crippen LogP contribution in [0, 0.1) is 5.92 Å². The van der Waals surface area contributed by atoms with Crippen LogP contribution in [0.5, 0.6) is 0 Å². The first-order valence-electron chi connectivity index (χ1n) is 7.91. The summed E-state index contributed by atoms with van der Waals surface area (Å²) < 4.78 is 10.2. The molecule has 0 saturated heterocycles. The number of hydrogen-bond donors (Lipinski definition) is 1. The molecular formula is C15H23N3O3. The second-order valence-corrected chi connectivity index (χ2v) is 6.08. The summed E-state index contributed by atoms with van der Waals surface area (Å²) in [5.41, 5.74) is 0. The topological polar surface area (TPSA) is 77.2 Å². The van der Waals surface area contributed by atoms with Crippen molar-refractivity contribution in [3.8, 4) is 0 Å². The maximum Gasteiger partial charge on any atom is 0.310 e. The van der Waals surface area contributed by atoms with Gasteiger partial charge in [0.1, 0.15) is 0 Å². The highest BCUT2D eigenvalue weighted by molar-refractivity contribution is 5.73. The highest BCUT2D eigenvalue weighted by Crippen LogP contribution is 2.38. The second kappa shape index (κ2) is 6.56. The fourth-order valence-corrected chi connectivity index (χ4v) is 3.04. The molecule has 1 N–H and O–H groups in total. The number of aromatic nitrogens is 2. The standard InChI is InChI=1S/C15H23N3O3/c1-20-15(19)11-5-3-2-4-6-12(11)16-9-13-17-14(21-18-13)10-7-8-10/h10-12,16H,2-9H2,1H3/t11-,12-/m0/s1. The first-order chi connectivity index (χ1) is 10.3. The van der Waals surface area contributed by atoms with Gasteiger partial charge in [0.15, 0.2) is 5.82 Å². The molecule has 2 saturated carbocycles. The Balaban J connectivity index is 1.58. The van der Waals surface area contributed by atoms with Crippen molar-refractivity contribution in [1.82, 2.24) is 15.5 Å². The average molecular weight is 293 g/mol. The van der Waals surface area contributed by atoms with Crippen LogP contribution in [0.15, 0.2) is 4.52 Å². The Labute approximate surface area is 124 Å². The van der Waals surface area contributed by atoms with E-state index in [1.807, 2.05) is 0 Å². The van der Waals surface area contributed by atoms with E-state index < -0.39 is 0 Å². The Kier molecular flexibility index (Phi) is 4.53. The van der Waals surface area contributed by atoms with Crippen molar-refractivity contribution >= 4 is 5.97 Å². The highest BCUT2D eigenvalue weighted by Gasteiger charge is 2.31. The second-order valence-electron chi connectivity index (χ2n) is 6.08. The van der Waals surface area contributed by atoms with Crippen molar-refractivity contribution in [2.24, 2.45) is 5.92 Å². The van der Waals surface area contributed by atoms with Gasteiger partial charge in [-0.1, -0.05) is 24.4 Å². The molecule has 1 heterocycles. The molecule has 2 fully saturated rings. The average Bonchev–Trinajstić information content (AvgIpc) is 3.29. The van der Waals surface area contributed by atoms with Gasteiger partial charge in [-0.25, -0.2) is 0 Å². The number of ether oxygens (including phenoxy) is 1. The Hall–Kier alpha value is -1.43. The monoisotopic (exact) mass is 293 g/mol. The first kappa shape index (κ1) is 14.5. The molecule has 0 spiro atoms. The molecule has 0 aromatic carbocycles. The van der Waals surface area contributed by atoms with E-state index in [1.54, 1.807) is 0 Å². The number of carbonyl (C=O) groups excluding carboxylic acids is 1. The molecule has 1 aromatic rings. The largest absolute Gasteiger partial charge is 0.469 e. The van der Waals surface area contributed by atoms with Gasteiger partial charge in [0.25, 0.3) is 0 Å². The predicted molar refractivity (Wildman–Crippen MR) is 75.5 cm³/mol. The summed E-state index contributed by atoms with van der Waals surface area (Å²) in [6.45, 7) is 0.550. The third-order valence-corrected chi connectivity index (χ3v) is 4.45. The van der Waals surface area contributed by atoms with Crippen LogP contribution < -0.4 is 5.32 Å². The number of carbonyl (C=O) groups is 1. The lowest BCUT2D eigenvalue weighted by Gasteiger charge is -2.23. The molecular weight excluding hydrogens is 270 g/mol. The number of methoxy groups -OCH3 is 1. The zero-order valence-corrected chi connectivity index (χ0v) is 12.5. The minimum Gasteiger partial charge on any atom is -0.469 e. The van der Waals surface area contributed by atoms with Crippen molar-refractivity contribution < 1.29 is 14.1 Å². The Morgan fingerprint density at radius 2 is 2.10 bits per heavy atom. The van der Waals surface area contributed by atoms with Crippen LogP contribution in [0.1, 0.15) is 62.6 Å². The van der Waals surface area contributed by atoms with Gasteiger partial charge in [0.2, 0.25) is 5.89 Å². The summed E-state index contributed by atoms with van der Waals surface area (Å²) in [5.74, 6) is 1.75. The Morgan fingerprint density at radius 1 is 1.29 bits per heavy atom. The number of esters is 1. The minimum atomic E-state index is -0.110. The molecule has 21 heavy (non-hydrogen) atoms.